The van der Waals surface area contributed by atoms with E-state index in [9.17, 15) is 22.8 Å². The monoisotopic (exact) mass is 507 g/mol. The summed E-state index contributed by atoms with van der Waals surface area (Å²) in [5.41, 5.74) is 2.84. The summed E-state index contributed by atoms with van der Waals surface area (Å²) in [6.07, 6.45) is -1.02. The molecular formula is C27H24F3N5O2. The van der Waals surface area contributed by atoms with Gasteiger partial charge in [-0.15, -0.1) is 0 Å². The lowest BCUT2D eigenvalue weighted by atomic mass is 10.0. The molecule has 10 heteroatoms. The molecular weight excluding hydrogens is 483 g/mol. The summed E-state index contributed by atoms with van der Waals surface area (Å²) in [4.78, 5) is 30.7. The topological polar surface area (TPSA) is 78.7 Å². The van der Waals surface area contributed by atoms with E-state index in [-0.39, 0.29) is 30.2 Å². The second-order valence-electron chi connectivity index (χ2n) is 8.99. The van der Waals surface area contributed by atoms with Crippen LogP contribution in [0.2, 0.25) is 0 Å². The fourth-order valence-corrected chi connectivity index (χ4v) is 4.50. The second-order valence-corrected chi connectivity index (χ2v) is 8.99. The Morgan fingerprint density at radius 3 is 2.76 bits per heavy atom. The van der Waals surface area contributed by atoms with Crippen molar-refractivity contribution < 1.29 is 22.8 Å². The van der Waals surface area contributed by atoms with Crippen molar-refractivity contribution >= 4 is 23.1 Å². The molecule has 0 saturated carbocycles. The highest BCUT2D eigenvalue weighted by Crippen LogP contribution is 2.35. The number of carbonyl (C=O) groups is 2. The number of rotatable bonds is 5. The second kappa shape index (κ2) is 9.70. The molecule has 0 spiro atoms. The summed E-state index contributed by atoms with van der Waals surface area (Å²) in [6.45, 7) is 2.79. The average molecular weight is 508 g/mol. The maximum atomic E-state index is 13.9. The minimum Gasteiger partial charge on any atom is -0.354 e. The van der Waals surface area contributed by atoms with E-state index in [1.807, 2.05) is 35.7 Å². The highest BCUT2D eigenvalue weighted by atomic mass is 19.4. The van der Waals surface area contributed by atoms with Gasteiger partial charge in [-0.05, 0) is 54.4 Å². The van der Waals surface area contributed by atoms with E-state index in [4.69, 9.17) is 0 Å². The molecule has 1 aliphatic rings. The Morgan fingerprint density at radius 2 is 1.97 bits per heavy atom. The largest absolute Gasteiger partial charge is 0.416 e. The van der Waals surface area contributed by atoms with Crippen molar-refractivity contribution in [1.29, 1.82) is 0 Å². The van der Waals surface area contributed by atoms with Crippen LogP contribution in [-0.2, 0) is 17.5 Å². The number of anilines is 1. The Kier molecular flexibility index (Phi) is 6.43. The van der Waals surface area contributed by atoms with Gasteiger partial charge in [-0.3, -0.25) is 18.9 Å². The van der Waals surface area contributed by atoms with Crippen molar-refractivity contribution in [2.45, 2.75) is 19.6 Å². The maximum Gasteiger partial charge on any atom is 0.416 e. The highest BCUT2D eigenvalue weighted by molar-refractivity contribution is 6.05. The summed E-state index contributed by atoms with van der Waals surface area (Å²) in [5.74, 6) is -0.742. The van der Waals surface area contributed by atoms with E-state index in [0.717, 1.165) is 28.5 Å². The van der Waals surface area contributed by atoms with E-state index >= 15 is 0 Å². The quantitative estimate of drug-likeness (QED) is 0.417. The molecule has 0 atom stereocenters. The number of imidazole rings is 1. The average Bonchev–Trinajstić information content (AvgIpc) is 3.28. The number of piperazine rings is 1. The number of carbonyl (C=O) groups excluding carboxylic acids is 2. The third-order valence-electron chi connectivity index (χ3n) is 6.38. The first-order valence-corrected chi connectivity index (χ1v) is 11.7. The number of halogens is 3. The van der Waals surface area contributed by atoms with Gasteiger partial charge in [0.2, 0.25) is 5.91 Å². The lowest BCUT2D eigenvalue weighted by molar-refractivity contribution is -0.138. The molecule has 3 heterocycles. The molecule has 190 valence electrons. The van der Waals surface area contributed by atoms with Crippen LogP contribution < -0.4 is 10.6 Å². The summed E-state index contributed by atoms with van der Waals surface area (Å²) in [5, 5.41) is 5.26. The molecule has 0 unspecified atom stereocenters. The molecule has 37 heavy (non-hydrogen) atoms. The number of alkyl halides is 3. The fraction of sp³-hybridized carbons (Fsp3) is 0.222. The Hall–Kier alpha value is -4.18. The van der Waals surface area contributed by atoms with E-state index in [1.165, 1.54) is 12.1 Å². The van der Waals surface area contributed by atoms with Crippen LogP contribution in [0.25, 0.3) is 16.9 Å². The van der Waals surface area contributed by atoms with Gasteiger partial charge in [-0.2, -0.15) is 13.2 Å². The van der Waals surface area contributed by atoms with Crippen molar-refractivity contribution in [3.63, 3.8) is 0 Å². The number of amides is 2. The smallest absolute Gasteiger partial charge is 0.354 e. The van der Waals surface area contributed by atoms with Crippen molar-refractivity contribution in [2.24, 2.45) is 0 Å². The van der Waals surface area contributed by atoms with Crippen LogP contribution in [-0.4, -0.2) is 45.7 Å². The van der Waals surface area contributed by atoms with Crippen molar-refractivity contribution in [3.8, 4) is 11.3 Å². The lowest BCUT2D eigenvalue weighted by Gasteiger charge is -2.27. The van der Waals surface area contributed by atoms with Crippen molar-refractivity contribution in [1.82, 2.24) is 19.6 Å². The predicted octanol–water partition coefficient (Wildman–Crippen LogP) is 4.51. The summed E-state index contributed by atoms with van der Waals surface area (Å²) >= 11 is 0. The van der Waals surface area contributed by atoms with Gasteiger partial charge in [0.15, 0.2) is 0 Å². The SMILES string of the molecule is Cc1ccc(C(=O)Nc2ccc(CN3CCNC(=O)C3)c(C(F)(F)F)c2)cc1-c1cnc2ccccn12. The molecule has 7 nitrogen and oxygen atoms in total. The van der Waals surface area contributed by atoms with E-state index < -0.39 is 17.6 Å². The molecule has 0 radical (unpaired) electrons. The van der Waals surface area contributed by atoms with Crippen molar-refractivity contribution in [3.05, 3.63) is 89.2 Å². The molecule has 4 aromatic rings. The number of pyridine rings is 1. The zero-order chi connectivity index (χ0) is 26.2. The van der Waals surface area contributed by atoms with Gasteiger partial charge >= 0.3 is 6.18 Å². The van der Waals surface area contributed by atoms with Gasteiger partial charge in [0.1, 0.15) is 5.65 Å². The number of nitrogens with zero attached hydrogens (tertiary/aromatic N) is 3. The number of aryl methyl sites for hydroxylation is 1. The van der Waals surface area contributed by atoms with Crippen molar-refractivity contribution in [2.75, 3.05) is 25.0 Å². The standard InChI is InChI=1S/C27H24F3N5O2/c1-17-5-6-18(12-21(17)23-14-32-24-4-2-3-10-35(23)24)26(37)33-20-8-7-19(22(13-20)27(28,29)30)15-34-11-9-31-25(36)16-34/h2-8,10,12-14H,9,11,15-16H2,1H3,(H,31,36)(H,33,37). The van der Waals surface area contributed by atoms with Gasteiger partial charge in [0, 0.05) is 42.6 Å². The van der Waals surface area contributed by atoms with E-state index in [0.29, 0.717) is 18.7 Å². The van der Waals surface area contributed by atoms with E-state index in [2.05, 4.69) is 15.6 Å². The van der Waals surface area contributed by atoms with Crippen LogP contribution in [0.15, 0.2) is 67.0 Å². The van der Waals surface area contributed by atoms with E-state index in [1.54, 1.807) is 29.3 Å². The van der Waals surface area contributed by atoms with Crippen LogP contribution >= 0.6 is 0 Å². The van der Waals surface area contributed by atoms with Gasteiger partial charge in [-0.1, -0.05) is 18.2 Å². The number of nitrogens with one attached hydrogen (secondary N) is 2. The Bertz CT molecular complexity index is 1500. The van der Waals surface area contributed by atoms with Gasteiger partial charge < -0.3 is 10.6 Å². The third-order valence-corrected chi connectivity index (χ3v) is 6.38. The number of benzene rings is 2. The Labute approximate surface area is 210 Å². The fourth-order valence-electron chi connectivity index (χ4n) is 4.50. The number of hydrogen-bond acceptors (Lipinski definition) is 4. The molecule has 2 aromatic heterocycles. The molecule has 0 bridgehead atoms. The highest BCUT2D eigenvalue weighted by Gasteiger charge is 2.34. The van der Waals surface area contributed by atoms with Crippen LogP contribution in [0.3, 0.4) is 0 Å². The molecule has 1 saturated heterocycles. The van der Waals surface area contributed by atoms with Crippen LogP contribution in [0.1, 0.15) is 27.0 Å². The van der Waals surface area contributed by atoms with Crippen LogP contribution in [0, 0.1) is 6.92 Å². The van der Waals surface area contributed by atoms with Gasteiger partial charge in [0.05, 0.1) is 24.0 Å². The molecule has 2 amide bonds. The molecule has 2 N–H and O–H groups in total. The number of fused-ring (bicyclic) bond motifs is 1. The summed E-state index contributed by atoms with van der Waals surface area (Å²) in [7, 11) is 0. The molecule has 1 fully saturated rings. The molecule has 1 aliphatic heterocycles. The Morgan fingerprint density at radius 1 is 1.14 bits per heavy atom. The first-order valence-electron chi connectivity index (χ1n) is 11.7. The molecule has 2 aromatic carbocycles. The Balaban J connectivity index is 1.40. The van der Waals surface area contributed by atoms with Crippen LogP contribution in [0.5, 0.6) is 0 Å². The molecule has 0 aliphatic carbocycles. The maximum absolute atomic E-state index is 13.9. The summed E-state index contributed by atoms with van der Waals surface area (Å²) in [6, 6.07) is 14.5. The lowest BCUT2D eigenvalue weighted by Crippen LogP contribution is -2.47. The first-order chi connectivity index (χ1) is 17.7. The number of aromatic nitrogens is 2. The minimum atomic E-state index is -4.62. The normalized spacial score (nSPS) is 14.5. The zero-order valence-corrected chi connectivity index (χ0v) is 20.0. The van der Waals surface area contributed by atoms with Gasteiger partial charge in [-0.25, -0.2) is 4.98 Å². The first kappa shape index (κ1) is 24.5. The minimum absolute atomic E-state index is 0.0167. The third kappa shape index (κ3) is 5.19. The number of hydrogen-bond donors (Lipinski definition) is 2. The summed E-state index contributed by atoms with van der Waals surface area (Å²) < 4.78 is 43.6. The van der Waals surface area contributed by atoms with Crippen LogP contribution in [0.4, 0.5) is 18.9 Å². The predicted molar refractivity (Wildman–Crippen MR) is 133 cm³/mol. The molecule has 5 rings (SSSR count). The van der Waals surface area contributed by atoms with Gasteiger partial charge in [0.25, 0.3) is 5.91 Å². The zero-order valence-electron chi connectivity index (χ0n) is 20.0.